The molecule has 140 valence electrons. The van der Waals surface area contributed by atoms with Gasteiger partial charge in [0.2, 0.25) is 10.0 Å². The third kappa shape index (κ3) is 3.69. The van der Waals surface area contributed by atoms with Gasteiger partial charge in [-0.2, -0.15) is 4.31 Å². The van der Waals surface area contributed by atoms with Gasteiger partial charge in [0.05, 0.1) is 17.1 Å². The number of nitrogens with zero attached hydrogens (tertiary/aromatic N) is 4. The molecule has 1 aromatic heterocycles. The van der Waals surface area contributed by atoms with Gasteiger partial charge in [-0.3, -0.25) is 0 Å². The number of sulfonamides is 1. The molecule has 0 unspecified atom stereocenters. The van der Waals surface area contributed by atoms with Crippen LogP contribution in [0.3, 0.4) is 0 Å². The fourth-order valence-corrected chi connectivity index (χ4v) is 4.34. The molecule has 0 saturated carbocycles. The Morgan fingerprint density at radius 1 is 1.11 bits per heavy atom. The van der Waals surface area contributed by atoms with Crippen LogP contribution in [0.15, 0.2) is 65.7 Å². The van der Waals surface area contributed by atoms with Crippen LogP contribution in [-0.2, 0) is 16.6 Å². The molecule has 0 radical (unpaired) electrons. The Morgan fingerprint density at radius 3 is 2.63 bits per heavy atom. The van der Waals surface area contributed by atoms with Crippen molar-refractivity contribution in [2.24, 2.45) is 0 Å². The van der Waals surface area contributed by atoms with Gasteiger partial charge >= 0.3 is 0 Å². The highest BCUT2D eigenvalue weighted by Crippen LogP contribution is 2.28. The number of hydrogen-bond donors (Lipinski definition) is 0. The maximum atomic E-state index is 13.3. The van der Waals surface area contributed by atoms with Crippen molar-refractivity contribution >= 4 is 10.0 Å². The summed E-state index contributed by atoms with van der Waals surface area (Å²) >= 11 is 0. The average Bonchev–Trinajstić information content (AvgIpc) is 3.08. The van der Waals surface area contributed by atoms with Crippen LogP contribution in [0.4, 0.5) is 4.39 Å². The largest absolute Gasteiger partial charge is 0.487 e. The van der Waals surface area contributed by atoms with Crippen molar-refractivity contribution in [2.75, 3.05) is 13.1 Å². The second kappa shape index (κ2) is 7.09. The van der Waals surface area contributed by atoms with Gasteiger partial charge in [-0.05, 0) is 30.3 Å². The van der Waals surface area contributed by atoms with Crippen molar-refractivity contribution in [3.05, 3.63) is 72.3 Å². The molecule has 0 aliphatic carbocycles. The number of ether oxygens (including phenoxy) is 1. The topological polar surface area (TPSA) is 77.3 Å². The molecule has 3 aromatic rings. The molecule has 0 bridgehead atoms. The first-order chi connectivity index (χ1) is 13.0. The van der Waals surface area contributed by atoms with Crippen LogP contribution in [0.1, 0.15) is 11.7 Å². The first-order valence-corrected chi connectivity index (χ1v) is 9.81. The molecule has 27 heavy (non-hydrogen) atoms. The van der Waals surface area contributed by atoms with Crippen molar-refractivity contribution in [3.8, 4) is 5.75 Å². The number of aromatic nitrogens is 3. The molecule has 1 aliphatic rings. The zero-order valence-corrected chi connectivity index (χ0v) is 15.1. The van der Waals surface area contributed by atoms with Gasteiger partial charge < -0.3 is 4.74 Å². The van der Waals surface area contributed by atoms with E-state index in [0.29, 0.717) is 5.69 Å². The number of hydrogen-bond acceptors (Lipinski definition) is 5. The van der Waals surface area contributed by atoms with Crippen molar-refractivity contribution in [2.45, 2.75) is 17.5 Å². The summed E-state index contributed by atoms with van der Waals surface area (Å²) in [6, 6.07) is 14.3. The van der Waals surface area contributed by atoms with Crippen molar-refractivity contribution in [1.29, 1.82) is 0 Å². The summed E-state index contributed by atoms with van der Waals surface area (Å²) in [4.78, 5) is -0.0449. The number of halogens is 1. The van der Waals surface area contributed by atoms with Gasteiger partial charge in [0.1, 0.15) is 23.9 Å². The second-order valence-corrected chi connectivity index (χ2v) is 8.16. The molecule has 1 aliphatic heterocycles. The van der Waals surface area contributed by atoms with E-state index in [1.807, 2.05) is 30.3 Å². The number of benzene rings is 2. The van der Waals surface area contributed by atoms with E-state index in [0.717, 1.165) is 11.8 Å². The normalized spacial score (nSPS) is 15.4. The van der Waals surface area contributed by atoms with Gasteiger partial charge in [0, 0.05) is 13.1 Å². The summed E-state index contributed by atoms with van der Waals surface area (Å²) in [5, 5.41) is 8.12. The number of rotatable bonds is 6. The smallest absolute Gasteiger partial charge is 0.243 e. The van der Waals surface area contributed by atoms with Crippen molar-refractivity contribution in [3.63, 3.8) is 0 Å². The molecule has 0 spiro atoms. The molecule has 4 rings (SSSR count). The molecule has 1 saturated heterocycles. The molecular formula is C18H17FN4O3S. The summed E-state index contributed by atoms with van der Waals surface area (Å²) in [7, 11) is -3.70. The van der Waals surface area contributed by atoms with E-state index in [4.69, 9.17) is 4.74 Å². The molecular weight excluding hydrogens is 371 g/mol. The van der Waals surface area contributed by atoms with E-state index in [-0.39, 0.29) is 30.6 Å². The fourth-order valence-electron chi connectivity index (χ4n) is 2.79. The molecule has 2 heterocycles. The van der Waals surface area contributed by atoms with Crippen molar-refractivity contribution in [1.82, 2.24) is 19.3 Å². The van der Waals surface area contributed by atoms with Gasteiger partial charge in [-0.1, -0.05) is 29.5 Å². The fraction of sp³-hybridized carbons (Fsp3) is 0.222. The molecule has 0 amide bonds. The summed E-state index contributed by atoms with van der Waals surface area (Å²) in [5.74, 6) is 0.163. The first kappa shape index (κ1) is 17.6. The third-order valence-electron chi connectivity index (χ3n) is 4.32. The van der Waals surface area contributed by atoms with Gasteiger partial charge in [-0.25, -0.2) is 17.5 Å². The van der Waals surface area contributed by atoms with E-state index in [1.54, 1.807) is 10.9 Å². The van der Waals surface area contributed by atoms with Crippen LogP contribution in [-0.4, -0.2) is 40.8 Å². The van der Waals surface area contributed by atoms with Gasteiger partial charge in [-0.15, -0.1) is 5.10 Å². The van der Waals surface area contributed by atoms with Crippen molar-refractivity contribution < 1.29 is 17.5 Å². The molecule has 1 fully saturated rings. The average molecular weight is 388 g/mol. The monoisotopic (exact) mass is 388 g/mol. The van der Waals surface area contributed by atoms with Crippen LogP contribution in [0.25, 0.3) is 0 Å². The Hall–Kier alpha value is -2.78. The molecule has 2 aromatic carbocycles. The van der Waals surface area contributed by atoms with Crippen LogP contribution < -0.4 is 4.74 Å². The van der Waals surface area contributed by atoms with E-state index < -0.39 is 15.8 Å². The molecule has 0 N–H and O–H groups in total. The number of para-hydroxylation sites is 1. The minimum Gasteiger partial charge on any atom is -0.487 e. The highest BCUT2D eigenvalue weighted by atomic mass is 32.2. The van der Waals surface area contributed by atoms with Gasteiger partial charge in [0.15, 0.2) is 0 Å². The minimum atomic E-state index is -3.70. The highest BCUT2D eigenvalue weighted by Gasteiger charge is 2.38. The summed E-state index contributed by atoms with van der Waals surface area (Å²) in [6.45, 7) is 0.810. The minimum absolute atomic E-state index is 0.0449. The maximum absolute atomic E-state index is 13.3. The molecule has 7 nitrogen and oxygen atoms in total. The lowest BCUT2D eigenvalue weighted by Gasteiger charge is -2.37. The van der Waals surface area contributed by atoms with Crippen LogP contribution in [0.5, 0.6) is 5.75 Å². The van der Waals surface area contributed by atoms with Crippen LogP contribution in [0, 0.1) is 5.82 Å². The third-order valence-corrected chi connectivity index (χ3v) is 6.15. The zero-order chi connectivity index (χ0) is 18.9. The second-order valence-electron chi connectivity index (χ2n) is 6.22. The molecule has 0 atom stereocenters. The lowest BCUT2D eigenvalue weighted by atomic mass is 10.2. The lowest BCUT2D eigenvalue weighted by Crippen LogP contribution is -2.50. The van der Waals surface area contributed by atoms with E-state index in [2.05, 4.69) is 10.3 Å². The van der Waals surface area contributed by atoms with E-state index in [9.17, 15) is 12.8 Å². The van der Waals surface area contributed by atoms with E-state index >= 15 is 0 Å². The Labute approximate surface area is 156 Å². The summed E-state index contributed by atoms with van der Waals surface area (Å²) < 4.78 is 46.9. The Bertz CT molecular complexity index is 1030. The lowest BCUT2D eigenvalue weighted by molar-refractivity contribution is 0.188. The quantitative estimate of drug-likeness (QED) is 0.647. The molecule has 9 heteroatoms. The summed E-state index contributed by atoms with van der Waals surface area (Å²) in [6.07, 6.45) is 1.75. The Balaban J connectivity index is 1.36. The Morgan fingerprint density at radius 2 is 1.89 bits per heavy atom. The van der Waals surface area contributed by atoms with Crippen LogP contribution in [0.2, 0.25) is 0 Å². The highest BCUT2D eigenvalue weighted by molar-refractivity contribution is 7.89. The Kier molecular flexibility index (Phi) is 4.63. The zero-order valence-electron chi connectivity index (χ0n) is 14.3. The predicted octanol–water partition coefficient (Wildman–Crippen LogP) is 2.24. The summed E-state index contributed by atoms with van der Waals surface area (Å²) in [5.41, 5.74) is 0.658. The SMILES string of the molecule is O=S(=O)(c1cccc(F)c1)N1CC(n2cc(COc3ccccc3)nn2)C1. The standard InChI is InChI=1S/C18H17FN4O3S/c19-14-5-4-8-18(9-14)27(24,25)22-11-16(12-22)23-10-15(20-21-23)13-26-17-6-2-1-3-7-17/h1-10,16H,11-13H2. The first-order valence-electron chi connectivity index (χ1n) is 8.37. The van der Waals surface area contributed by atoms with Gasteiger partial charge in [0.25, 0.3) is 0 Å². The van der Waals surface area contributed by atoms with E-state index in [1.165, 1.54) is 22.5 Å². The predicted molar refractivity (Wildman–Crippen MR) is 95.0 cm³/mol. The maximum Gasteiger partial charge on any atom is 0.243 e. The van der Waals surface area contributed by atoms with Crippen LogP contribution >= 0.6 is 0 Å².